The van der Waals surface area contributed by atoms with Crippen LogP contribution in [0, 0.1) is 0 Å². The van der Waals surface area contributed by atoms with Gasteiger partial charge in [-0.3, -0.25) is 16.0 Å². The van der Waals surface area contributed by atoms with Gasteiger partial charge in [0.25, 0.3) is 0 Å². The van der Waals surface area contributed by atoms with E-state index in [0.29, 0.717) is 6.54 Å². The zero-order chi connectivity index (χ0) is 11.1. The van der Waals surface area contributed by atoms with Crippen LogP contribution in [-0.4, -0.2) is 35.8 Å². The van der Waals surface area contributed by atoms with E-state index in [0.717, 1.165) is 0 Å². The Hall–Kier alpha value is -0.660. The summed E-state index contributed by atoms with van der Waals surface area (Å²) in [7, 11) is -3.68. The predicted octanol–water partition coefficient (Wildman–Crippen LogP) is -4.93. The van der Waals surface area contributed by atoms with Crippen LogP contribution in [0.4, 0.5) is 0 Å². The first-order valence-electron chi connectivity index (χ1n) is 3.11. The monoisotopic (exact) mass is 213 g/mol. The maximum atomic E-state index is 8.55. The maximum Gasteiger partial charge on any atom is 0.340 e. The molecule has 0 atom stereocenters. The first-order valence-corrected chi connectivity index (χ1v) is 4.57. The van der Waals surface area contributed by atoms with Crippen molar-refractivity contribution >= 4 is 13.8 Å². The van der Waals surface area contributed by atoms with Gasteiger partial charge in [-0.25, -0.2) is 0 Å². The highest BCUT2D eigenvalue weighted by atomic mass is 31.2. The third kappa shape index (κ3) is 24.6. The van der Waals surface area contributed by atoms with Crippen LogP contribution in [0.3, 0.4) is 0 Å². The fourth-order valence-electron chi connectivity index (χ4n) is 0.279. The Morgan fingerprint density at radius 2 is 1.77 bits per heavy atom. The molecule has 0 bridgehead atoms. The molecule has 0 fully saturated rings. The number of aliphatic hydroxyl groups excluding tert-OH is 1. The Labute approximate surface area is 75.4 Å². The molecule has 0 radical (unpaired) electrons. The number of hydrogen-bond donors (Lipinski definition) is 3. The van der Waals surface area contributed by atoms with E-state index in [1.54, 1.807) is 11.6 Å². The topological polar surface area (TPSA) is 162 Å². The van der Waals surface area contributed by atoms with Crippen LogP contribution in [0.15, 0.2) is 0 Å². The van der Waals surface area contributed by atoms with E-state index in [1.807, 2.05) is 0 Å². The highest BCUT2D eigenvalue weighted by Gasteiger charge is 1.92. The van der Waals surface area contributed by atoms with Crippen LogP contribution in [0.25, 0.3) is 0 Å². The summed E-state index contributed by atoms with van der Waals surface area (Å²) in [5.74, 6) is 0.235. The molecule has 8 nitrogen and oxygen atoms in total. The molecule has 0 aliphatic carbocycles. The Morgan fingerprint density at radius 1 is 1.46 bits per heavy atom. The molecule has 0 aliphatic heterocycles. The molecule has 0 unspecified atom stereocenters. The van der Waals surface area contributed by atoms with Gasteiger partial charge in [0.05, 0.1) is 20.2 Å². The number of guanidine groups is 1. The van der Waals surface area contributed by atoms with Gasteiger partial charge in [-0.2, -0.15) is 7.82 Å². The minimum Gasteiger partial charge on any atom is -0.822 e. The summed E-state index contributed by atoms with van der Waals surface area (Å²) >= 11 is 0. The highest BCUT2D eigenvalue weighted by Crippen LogP contribution is 2.03. The van der Waals surface area contributed by atoms with Crippen molar-refractivity contribution in [3.63, 3.8) is 0 Å². The van der Waals surface area contributed by atoms with Gasteiger partial charge in [-0.15, -0.1) is 0 Å². The Balaban J connectivity index is 0. The molecule has 0 rings (SSSR count). The summed E-state index contributed by atoms with van der Waals surface area (Å²) in [5, 5.41) is 8.32. The van der Waals surface area contributed by atoms with Gasteiger partial charge < -0.3 is 24.4 Å². The zero-order valence-electron chi connectivity index (χ0n) is 7.04. The van der Waals surface area contributed by atoms with Gasteiger partial charge in [0.15, 0.2) is 0 Å². The lowest BCUT2D eigenvalue weighted by Gasteiger charge is -2.36. The molecule has 13 heavy (non-hydrogen) atoms. The normalized spacial score (nSPS) is 9.92. The predicted molar refractivity (Wildman–Crippen MR) is 39.1 cm³/mol. The average molecular weight is 213 g/mol. The summed E-state index contributed by atoms with van der Waals surface area (Å²) in [6, 6.07) is 0. The molecule has 9 heteroatoms. The van der Waals surface area contributed by atoms with E-state index in [1.165, 1.54) is 0 Å². The molecule has 0 aliphatic rings. The van der Waals surface area contributed by atoms with Crippen molar-refractivity contribution in [1.82, 2.24) is 0 Å². The third-order valence-electron chi connectivity index (χ3n) is 0.876. The summed E-state index contributed by atoms with van der Waals surface area (Å²) < 4.78 is 10.1. The highest BCUT2D eigenvalue weighted by molar-refractivity contribution is 7.40. The molecule has 0 saturated carbocycles. The van der Waals surface area contributed by atoms with Crippen LogP contribution in [0.1, 0.15) is 0 Å². The first-order chi connectivity index (χ1) is 5.68. The van der Waals surface area contributed by atoms with Crippen LogP contribution >= 0.6 is 7.82 Å². The van der Waals surface area contributed by atoms with Crippen LogP contribution in [0.5, 0.6) is 0 Å². The van der Waals surface area contributed by atoms with Crippen LogP contribution in [-0.2, 0) is 4.57 Å². The number of hydrogen-bond acceptors (Lipinski definition) is 5. The van der Waals surface area contributed by atoms with Gasteiger partial charge in [0.1, 0.15) is 0 Å². The van der Waals surface area contributed by atoms with E-state index in [4.69, 9.17) is 35.8 Å². The van der Waals surface area contributed by atoms with Crippen molar-refractivity contribution in [2.75, 3.05) is 20.2 Å². The average Bonchev–Trinajstić information content (AvgIpc) is 1.84. The van der Waals surface area contributed by atoms with Crippen molar-refractivity contribution in [3.05, 3.63) is 0 Å². The largest absolute Gasteiger partial charge is 0.822 e. The van der Waals surface area contributed by atoms with Gasteiger partial charge in [-0.1, -0.05) is 0 Å². The van der Waals surface area contributed by atoms with E-state index >= 15 is 0 Å². The van der Waals surface area contributed by atoms with E-state index in [2.05, 4.69) is 0 Å². The smallest absolute Gasteiger partial charge is 0.340 e. The van der Waals surface area contributed by atoms with E-state index in [-0.39, 0.29) is 12.6 Å². The Bertz CT molecular complexity index is 200. The van der Waals surface area contributed by atoms with Gasteiger partial charge >= 0.3 is 5.96 Å². The van der Waals surface area contributed by atoms with Crippen molar-refractivity contribution in [2.24, 2.45) is 11.5 Å². The van der Waals surface area contributed by atoms with E-state index in [9.17, 15) is 0 Å². The van der Waals surface area contributed by atoms with E-state index < -0.39 is 7.82 Å². The fraction of sp³-hybridized carbons (Fsp3) is 0.750. The lowest BCUT2D eigenvalue weighted by atomic mass is 10.7. The zero-order valence-corrected chi connectivity index (χ0v) is 7.94. The second-order valence-electron chi connectivity index (χ2n) is 2.02. The van der Waals surface area contributed by atoms with Gasteiger partial charge in [0.2, 0.25) is 0 Å². The fourth-order valence-corrected chi connectivity index (χ4v) is 0.279. The van der Waals surface area contributed by atoms with Gasteiger partial charge in [0, 0.05) is 0 Å². The second-order valence-corrected chi connectivity index (χ2v) is 2.91. The number of nitrogens with two attached hydrogens (primary N) is 2. The number of phosphoric acid groups is 1. The number of likely N-dealkylation sites (N-methyl/N-ethyl adjacent to an activating group) is 1. The molecule has 5 N–H and O–H groups in total. The minimum absolute atomic E-state index is 0.0778. The standard InChI is InChI=1S/C4H11N3O.H3O4P/c1-7(2-3-8)4(5)6;1-5(2,3)4/h8H,2-3H2,1H3,(H3,5,6);(H3,1,2,3,4)/p-2. The van der Waals surface area contributed by atoms with Crippen LogP contribution in [0.2, 0.25) is 0 Å². The van der Waals surface area contributed by atoms with Crippen molar-refractivity contribution in [2.45, 2.75) is 0 Å². The second kappa shape index (κ2) is 6.81. The third-order valence-corrected chi connectivity index (χ3v) is 0.876. The molecule has 0 heterocycles. The quantitative estimate of drug-likeness (QED) is 0.179. The first kappa shape index (κ1) is 14.8. The van der Waals surface area contributed by atoms with Crippen molar-refractivity contribution < 1.29 is 28.9 Å². The molecular weight excluding hydrogens is 201 g/mol. The molecule has 0 aromatic heterocycles. The van der Waals surface area contributed by atoms with Crippen molar-refractivity contribution in [3.8, 4) is 0 Å². The summed E-state index contributed by atoms with van der Waals surface area (Å²) in [5.41, 5.74) is 10.3. The number of rotatable bonds is 2. The van der Waals surface area contributed by atoms with Crippen molar-refractivity contribution in [1.29, 1.82) is 0 Å². The Morgan fingerprint density at radius 3 is 1.85 bits per heavy atom. The number of nitrogens with zero attached hydrogens (tertiary/aromatic N) is 1. The summed E-state index contributed by atoms with van der Waals surface area (Å²) in [6.07, 6.45) is 0. The molecule has 0 amide bonds. The lowest BCUT2D eigenvalue weighted by Crippen LogP contribution is -2.35. The molecule has 80 valence electrons. The maximum absolute atomic E-state index is 8.55. The minimum atomic E-state index is -5.39. The summed E-state index contributed by atoms with van der Waals surface area (Å²) in [6.45, 7) is 0.566. The summed E-state index contributed by atoms with van der Waals surface area (Å²) in [4.78, 5) is 25.6. The number of aliphatic hydroxyl groups is 1. The molecule has 0 aromatic carbocycles. The molecular formula is C4H12N3O5P-2. The lowest BCUT2D eigenvalue weighted by molar-refractivity contribution is -0.501. The molecule has 0 aromatic rings. The molecule has 0 saturated heterocycles. The van der Waals surface area contributed by atoms with Crippen LogP contribution < -0.4 is 26.1 Å². The Kier molecular flexibility index (Phi) is 7.78. The van der Waals surface area contributed by atoms with Gasteiger partial charge in [-0.05, 0) is 0 Å². The SMILES string of the molecule is C[N+](CCO)=C(N)N.O=P([O-])([O-])[O-]. The molecule has 0 spiro atoms.